The van der Waals surface area contributed by atoms with E-state index in [0.717, 1.165) is 0 Å². The molecule has 1 unspecified atom stereocenters. The summed E-state index contributed by atoms with van der Waals surface area (Å²) in [6.45, 7) is 1.61. The molecule has 7 nitrogen and oxygen atoms in total. The molecule has 0 saturated carbocycles. The summed E-state index contributed by atoms with van der Waals surface area (Å²) < 4.78 is 0. The van der Waals surface area contributed by atoms with Crippen LogP contribution in [0.1, 0.15) is 26.2 Å². The van der Waals surface area contributed by atoms with Crippen molar-refractivity contribution >= 4 is 17.8 Å². The Morgan fingerprint density at radius 1 is 1.31 bits per heavy atom. The first kappa shape index (κ1) is 14.4. The average molecular weight is 232 g/mol. The van der Waals surface area contributed by atoms with Crippen LogP contribution in [0.5, 0.6) is 0 Å². The monoisotopic (exact) mass is 232 g/mol. The van der Waals surface area contributed by atoms with Crippen LogP contribution >= 0.6 is 0 Å². The van der Waals surface area contributed by atoms with Crippen molar-refractivity contribution < 1.29 is 24.6 Å². The summed E-state index contributed by atoms with van der Waals surface area (Å²) >= 11 is 0. The molecule has 0 heterocycles. The highest BCUT2D eigenvalue weighted by atomic mass is 16.4. The highest BCUT2D eigenvalue weighted by molar-refractivity contribution is 5.87. The molecular weight excluding hydrogens is 216 g/mol. The molecular formula is C9H16N2O5. The van der Waals surface area contributed by atoms with E-state index in [-0.39, 0.29) is 19.3 Å². The molecule has 0 aliphatic carbocycles. The normalized spacial score (nSPS) is 13.9. The number of carbonyl (C=O) groups is 3. The van der Waals surface area contributed by atoms with Crippen molar-refractivity contribution in [3.05, 3.63) is 0 Å². The third-order valence-corrected chi connectivity index (χ3v) is 2.03. The number of rotatable bonds is 7. The third-order valence-electron chi connectivity index (χ3n) is 2.03. The van der Waals surface area contributed by atoms with Gasteiger partial charge in [-0.05, 0) is 12.8 Å². The lowest BCUT2D eigenvalue weighted by Gasteiger charge is -2.15. The standard InChI is InChI=1S/C9H16N2O5/c1-2-6(9(15)16)11-8(14)5(10)3-4-7(12)13/h5-6H,2-4,10H2,1H3,(H,11,14)(H,12,13)(H,15,16)/t5-,6?/m0/s1. The zero-order valence-electron chi connectivity index (χ0n) is 8.97. The minimum atomic E-state index is -1.14. The molecule has 5 N–H and O–H groups in total. The molecule has 0 fully saturated rings. The van der Waals surface area contributed by atoms with Gasteiger partial charge in [-0.25, -0.2) is 4.79 Å². The number of carbonyl (C=O) groups excluding carboxylic acids is 1. The summed E-state index contributed by atoms with van der Waals surface area (Å²) in [5, 5.41) is 19.3. The summed E-state index contributed by atoms with van der Waals surface area (Å²) in [4.78, 5) is 32.2. The predicted octanol–water partition coefficient (Wildman–Crippen LogP) is -0.842. The fourth-order valence-electron chi connectivity index (χ4n) is 1.03. The Bertz CT molecular complexity index is 279. The number of hydrogen-bond acceptors (Lipinski definition) is 4. The minimum Gasteiger partial charge on any atom is -0.481 e. The van der Waals surface area contributed by atoms with E-state index < -0.39 is 29.9 Å². The second-order valence-electron chi connectivity index (χ2n) is 3.35. The van der Waals surface area contributed by atoms with Crippen LogP contribution in [0.25, 0.3) is 0 Å². The molecule has 1 amide bonds. The van der Waals surface area contributed by atoms with Crippen molar-refractivity contribution in [2.75, 3.05) is 0 Å². The van der Waals surface area contributed by atoms with E-state index in [4.69, 9.17) is 15.9 Å². The average Bonchev–Trinajstić information content (AvgIpc) is 2.21. The number of amides is 1. The van der Waals surface area contributed by atoms with E-state index in [0.29, 0.717) is 0 Å². The van der Waals surface area contributed by atoms with Gasteiger partial charge in [-0.3, -0.25) is 9.59 Å². The molecule has 0 aromatic carbocycles. The van der Waals surface area contributed by atoms with Gasteiger partial charge in [0.25, 0.3) is 0 Å². The highest BCUT2D eigenvalue weighted by Crippen LogP contribution is 1.97. The second kappa shape index (κ2) is 6.78. The van der Waals surface area contributed by atoms with Gasteiger partial charge in [0.15, 0.2) is 0 Å². The molecule has 0 aromatic rings. The van der Waals surface area contributed by atoms with Crippen molar-refractivity contribution in [2.45, 2.75) is 38.3 Å². The molecule has 0 saturated heterocycles. The number of hydrogen-bond donors (Lipinski definition) is 4. The number of carboxylic acids is 2. The number of carboxylic acid groups (broad SMARTS) is 2. The predicted molar refractivity (Wildman–Crippen MR) is 54.7 cm³/mol. The third kappa shape index (κ3) is 5.30. The Morgan fingerprint density at radius 2 is 1.88 bits per heavy atom. The fraction of sp³-hybridized carbons (Fsp3) is 0.667. The van der Waals surface area contributed by atoms with E-state index >= 15 is 0 Å². The molecule has 0 rings (SSSR count). The van der Waals surface area contributed by atoms with E-state index in [1.165, 1.54) is 0 Å². The van der Waals surface area contributed by atoms with Gasteiger partial charge in [-0.2, -0.15) is 0 Å². The molecule has 16 heavy (non-hydrogen) atoms. The van der Waals surface area contributed by atoms with Gasteiger partial charge in [0.2, 0.25) is 5.91 Å². The van der Waals surface area contributed by atoms with E-state index in [1.807, 2.05) is 0 Å². The molecule has 2 atom stereocenters. The number of nitrogens with two attached hydrogens (primary N) is 1. The van der Waals surface area contributed by atoms with Crippen molar-refractivity contribution in [3.8, 4) is 0 Å². The zero-order chi connectivity index (χ0) is 12.7. The summed E-state index contributed by atoms with van der Waals surface area (Å²) in [6.07, 6.45) is 0.00237. The van der Waals surface area contributed by atoms with Crippen molar-refractivity contribution in [1.29, 1.82) is 0 Å². The number of nitrogens with one attached hydrogen (secondary N) is 1. The minimum absolute atomic E-state index is 0.0166. The molecule has 0 aliphatic rings. The van der Waals surface area contributed by atoms with Gasteiger partial charge in [-0.15, -0.1) is 0 Å². The zero-order valence-corrected chi connectivity index (χ0v) is 8.97. The summed E-state index contributed by atoms with van der Waals surface area (Å²) in [7, 11) is 0. The first-order valence-corrected chi connectivity index (χ1v) is 4.89. The number of aliphatic carboxylic acids is 2. The van der Waals surface area contributed by atoms with Crippen molar-refractivity contribution in [2.24, 2.45) is 5.73 Å². The van der Waals surface area contributed by atoms with E-state index in [1.54, 1.807) is 6.92 Å². The lowest BCUT2D eigenvalue weighted by Crippen LogP contribution is -2.48. The first-order valence-electron chi connectivity index (χ1n) is 4.89. The summed E-state index contributed by atoms with van der Waals surface area (Å²) in [5.74, 6) is -2.83. The van der Waals surface area contributed by atoms with Crippen LogP contribution in [0, 0.1) is 0 Å². The Kier molecular flexibility index (Phi) is 6.09. The highest BCUT2D eigenvalue weighted by Gasteiger charge is 2.21. The van der Waals surface area contributed by atoms with Gasteiger partial charge < -0.3 is 21.3 Å². The quantitative estimate of drug-likeness (QED) is 0.452. The lowest BCUT2D eigenvalue weighted by atomic mass is 10.1. The maximum absolute atomic E-state index is 11.3. The first-order chi connectivity index (χ1) is 7.38. The lowest BCUT2D eigenvalue weighted by molar-refractivity contribution is -0.142. The molecule has 7 heteroatoms. The Hall–Kier alpha value is -1.63. The molecule has 0 radical (unpaired) electrons. The van der Waals surface area contributed by atoms with Gasteiger partial charge in [-0.1, -0.05) is 6.92 Å². The molecule has 92 valence electrons. The molecule has 0 aliphatic heterocycles. The Balaban J connectivity index is 4.13. The topological polar surface area (TPSA) is 130 Å². The Labute approximate surface area is 92.6 Å². The van der Waals surface area contributed by atoms with Crippen molar-refractivity contribution in [3.63, 3.8) is 0 Å². The molecule has 0 spiro atoms. The maximum atomic E-state index is 11.3. The summed E-state index contributed by atoms with van der Waals surface area (Å²) in [5.41, 5.74) is 5.40. The fourth-order valence-corrected chi connectivity index (χ4v) is 1.03. The molecule has 0 aromatic heterocycles. The van der Waals surface area contributed by atoms with Crippen LogP contribution in [0.4, 0.5) is 0 Å². The van der Waals surface area contributed by atoms with Crippen LogP contribution in [0.2, 0.25) is 0 Å². The van der Waals surface area contributed by atoms with Gasteiger partial charge >= 0.3 is 11.9 Å². The largest absolute Gasteiger partial charge is 0.481 e. The van der Waals surface area contributed by atoms with Crippen LogP contribution in [0.3, 0.4) is 0 Å². The second-order valence-corrected chi connectivity index (χ2v) is 3.35. The van der Waals surface area contributed by atoms with Gasteiger partial charge in [0.1, 0.15) is 6.04 Å². The van der Waals surface area contributed by atoms with Crippen LogP contribution < -0.4 is 11.1 Å². The van der Waals surface area contributed by atoms with Gasteiger partial charge in [0.05, 0.1) is 6.04 Å². The molecule has 0 bridgehead atoms. The SMILES string of the molecule is CCC(NC(=O)[C@@H](N)CCC(=O)O)C(=O)O. The van der Waals surface area contributed by atoms with E-state index in [9.17, 15) is 14.4 Å². The van der Waals surface area contributed by atoms with Crippen LogP contribution in [-0.2, 0) is 14.4 Å². The van der Waals surface area contributed by atoms with Gasteiger partial charge in [0, 0.05) is 6.42 Å². The van der Waals surface area contributed by atoms with Crippen LogP contribution in [-0.4, -0.2) is 40.1 Å². The Morgan fingerprint density at radius 3 is 2.25 bits per heavy atom. The maximum Gasteiger partial charge on any atom is 0.326 e. The summed E-state index contributed by atoms with van der Waals surface area (Å²) in [6, 6.07) is -1.98. The van der Waals surface area contributed by atoms with E-state index in [2.05, 4.69) is 5.32 Å². The van der Waals surface area contributed by atoms with Crippen LogP contribution in [0.15, 0.2) is 0 Å². The smallest absolute Gasteiger partial charge is 0.326 e. The van der Waals surface area contributed by atoms with Crippen molar-refractivity contribution in [1.82, 2.24) is 5.32 Å².